The number of benzene rings is 1. The minimum absolute atomic E-state index is 0.0624. The van der Waals surface area contributed by atoms with E-state index >= 15 is 0 Å². The van der Waals surface area contributed by atoms with E-state index in [0.29, 0.717) is 25.9 Å². The molecular formula is C16H21F3N4O2. The number of nitrogens with zero attached hydrogens (tertiary/aromatic N) is 2. The molecule has 1 aromatic carbocycles. The van der Waals surface area contributed by atoms with Crippen LogP contribution in [-0.4, -0.2) is 55.1 Å². The van der Waals surface area contributed by atoms with Crippen LogP contribution in [-0.2, 0) is 6.18 Å². The van der Waals surface area contributed by atoms with Gasteiger partial charge in [-0.05, 0) is 37.1 Å². The van der Waals surface area contributed by atoms with E-state index in [1.807, 2.05) is 0 Å². The number of likely N-dealkylation sites (tertiary alicyclic amines) is 1. The molecule has 25 heavy (non-hydrogen) atoms. The van der Waals surface area contributed by atoms with Crippen LogP contribution in [0.3, 0.4) is 0 Å². The van der Waals surface area contributed by atoms with Gasteiger partial charge in [0, 0.05) is 38.9 Å². The fourth-order valence-electron chi connectivity index (χ4n) is 2.59. The third-order valence-electron chi connectivity index (χ3n) is 3.95. The second-order valence-electron chi connectivity index (χ2n) is 6.11. The monoisotopic (exact) mass is 358 g/mol. The summed E-state index contributed by atoms with van der Waals surface area (Å²) < 4.78 is 37.5. The van der Waals surface area contributed by atoms with Gasteiger partial charge in [0.1, 0.15) is 0 Å². The van der Waals surface area contributed by atoms with Crippen LogP contribution < -0.4 is 10.6 Å². The molecule has 0 spiro atoms. The lowest BCUT2D eigenvalue weighted by Gasteiger charge is -2.33. The largest absolute Gasteiger partial charge is 0.416 e. The van der Waals surface area contributed by atoms with E-state index in [2.05, 4.69) is 10.6 Å². The Labute approximate surface area is 144 Å². The summed E-state index contributed by atoms with van der Waals surface area (Å²) >= 11 is 0. The number of nitrogens with one attached hydrogen (secondary N) is 2. The van der Waals surface area contributed by atoms with Crippen molar-refractivity contribution in [1.82, 2.24) is 15.1 Å². The van der Waals surface area contributed by atoms with Crippen LogP contribution in [0.4, 0.5) is 28.4 Å². The number of rotatable bonds is 2. The maximum absolute atomic E-state index is 12.5. The molecule has 1 saturated heterocycles. The maximum Gasteiger partial charge on any atom is 0.416 e. The highest BCUT2D eigenvalue weighted by Crippen LogP contribution is 2.29. The summed E-state index contributed by atoms with van der Waals surface area (Å²) in [5, 5.41) is 5.29. The Balaban J connectivity index is 1.80. The van der Waals surface area contributed by atoms with Crippen molar-refractivity contribution in [3.05, 3.63) is 29.8 Å². The first-order chi connectivity index (χ1) is 11.7. The molecule has 1 fully saturated rings. The van der Waals surface area contributed by atoms with Crippen LogP contribution in [0.1, 0.15) is 18.4 Å². The van der Waals surface area contributed by atoms with Gasteiger partial charge in [0.2, 0.25) is 0 Å². The summed E-state index contributed by atoms with van der Waals surface area (Å²) in [5.74, 6) is 0. The number of urea groups is 2. The van der Waals surface area contributed by atoms with Gasteiger partial charge < -0.3 is 20.4 Å². The van der Waals surface area contributed by atoms with Gasteiger partial charge in [-0.2, -0.15) is 13.2 Å². The van der Waals surface area contributed by atoms with Crippen molar-refractivity contribution in [3.8, 4) is 0 Å². The SMILES string of the molecule is CN(C)C(=O)N1CCC(NC(=O)Nc2ccc(C(F)(F)F)cc2)CC1. The molecule has 1 aliphatic rings. The van der Waals surface area contributed by atoms with Crippen molar-refractivity contribution in [1.29, 1.82) is 0 Å². The fraction of sp³-hybridized carbons (Fsp3) is 0.500. The predicted octanol–water partition coefficient (Wildman–Crippen LogP) is 2.97. The average molecular weight is 358 g/mol. The smallest absolute Gasteiger partial charge is 0.335 e. The van der Waals surface area contributed by atoms with Gasteiger partial charge in [-0.3, -0.25) is 0 Å². The molecule has 9 heteroatoms. The molecular weight excluding hydrogens is 337 g/mol. The van der Waals surface area contributed by atoms with E-state index in [9.17, 15) is 22.8 Å². The summed E-state index contributed by atoms with van der Waals surface area (Å²) in [6.07, 6.45) is -3.15. The summed E-state index contributed by atoms with van der Waals surface area (Å²) in [6, 6.07) is 3.63. The molecule has 1 aliphatic heterocycles. The average Bonchev–Trinajstić information content (AvgIpc) is 2.54. The van der Waals surface area contributed by atoms with Gasteiger partial charge in [0.15, 0.2) is 0 Å². The summed E-state index contributed by atoms with van der Waals surface area (Å²) in [7, 11) is 3.37. The van der Waals surface area contributed by atoms with Gasteiger partial charge >= 0.3 is 18.2 Å². The van der Waals surface area contributed by atoms with Crippen molar-refractivity contribution in [3.63, 3.8) is 0 Å². The number of amides is 4. The summed E-state index contributed by atoms with van der Waals surface area (Å²) in [4.78, 5) is 27.0. The lowest BCUT2D eigenvalue weighted by atomic mass is 10.1. The van der Waals surface area contributed by atoms with Gasteiger partial charge in [-0.15, -0.1) is 0 Å². The van der Waals surface area contributed by atoms with E-state index in [1.165, 1.54) is 17.0 Å². The molecule has 2 N–H and O–H groups in total. The first-order valence-electron chi connectivity index (χ1n) is 7.88. The molecule has 0 aromatic heterocycles. The van der Waals surface area contributed by atoms with E-state index in [-0.39, 0.29) is 17.8 Å². The number of carbonyl (C=O) groups excluding carboxylic acids is 2. The van der Waals surface area contributed by atoms with E-state index in [0.717, 1.165) is 12.1 Å². The number of halogens is 3. The molecule has 0 saturated carbocycles. The quantitative estimate of drug-likeness (QED) is 0.854. The highest BCUT2D eigenvalue weighted by molar-refractivity contribution is 5.89. The number of anilines is 1. The number of hydrogen-bond donors (Lipinski definition) is 2. The third-order valence-corrected chi connectivity index (χ3v) is 3.95. The van der Waals surface area contributed by atoms with Gasteiger partial charge in [0.05, 0.1) is 5.56 Å². The first kappa shape index (κ1) is 18.9. The van der Waals surface area contributed by atoms with Crippen LogP contribution in [0, 0.1) is 0 Å². The Kier molecular flexibility index (Phi) is 5.76. The molecule has 0 atom stereocenters. The number of carbonyl (C=O) groups is 2. The Morgan fingerprint density at radius 3 is 2.16 bits per heavy atom. The summed E-state index contributed by atoms with van der Waals surface area (Å²) in [6.45, 7) is 1.09. The van der Waals surface area contributed by atoms with Crippen LogP contribution in [0.2, 0.25) is 0 Å². The molecule has 138 valence electrons. The van der Waals surface area contributed by atoms with Gasteiger partial charge in [-0.25, -0.2) is 9.59 Å². The molecule has 1 aromatic rings. The van der Waals surface area contributed by atoms with E-state index in [1.54, 1.807) is 19.0 Å². The predicted molar refractivity (Wildman–Crippen MR) is 87.3 cm³/mol. The minimum Gasteiger partial charge on any atom is -0.335 e. The number of hydrogen-bond acceptors (Lipinski definition) is 2. The zero-order chi connectivity index (χ0) is 18.6. The van der Waals surface area contributed by atoms with Gasteiger partial charge in [0.25, 0.3) is 0 Å². The molecule has 0 radical (unpaired) electrons. The Morgan fingerprint density at radius 1 is 1.12 bits per heavy atom. The molecule has 0 aliphatic carbocycles. The third kappa shape index (κ3) is 5.27. The Bertz CT molecular complexity index is 609. The highest BCUT2D eigenvalue weighted by atomic mass is 19.4. The molecule has 0 unspecified atom stereocenters. The first-order valence-corrected chi connectivity index (χ1v) is 7.88. The minimum atomic E-state index is -4.40. The van der Waals surface area contributed by atoms with Gasteiger partial charge in [-0.1, -0.05) is 0 Å². The van der Waals surface area contributed by atoms with Crippen molar-refractivity contribution in [2.45, 2.75) is 25.1 Å². The van der Waals surface area contributed by atoms with E-state index < -0.39 is 17.8 Å². The second-order valence-corrected chi connectivity index (χ2v) is 6.11. The Morgan fingerprint density at radius 2 is 1.68 bits per heavy atom. The zero-order valence-electron chi connectivity index (χ0n) is 14.1. The highest BCUT2D eigenvalue weighted by Gasteiger charge is 2.30. The Hall–Kier alpha value is -2.45. The van der Waals surface area contributed by atoms with Crippen molar-refractivity contribution in [2.75, 3.05) is 32.5 Å². The van der Waals surface area contributed by atoms with Crippen molar-refractivity contribution < 1.29 is 22.8 Å². The maximum atomic E-state index is 12.5. The van der Waals surface area contributed by atoms with Crippen molar-refractivity contribution in [2.24, 2.45) is 0 Å². The lowest BCUT2D eigenvalue weighted by Crippen LogP contribution is -2.49. The van der Waals surface area contributed by atoms with Crippen LogP contribution in [0.25, 0.3) is 0 Å². The van der Waals surface area contributed by atoms with Crippen LogP contribution in [0.5, 0.6) is 0 Å². The molecule has 4 amide bonds. The van der Waals surface area contributed by atoms with Crippen molar-refractivity contribution >= 4 is 17.7 Å². The molecule has 6 nitrogen and oxygen atoms in total. The standard InChI is InChI=1S/C16H21F3N4O2/c1-22(2)15(25)23-9-7-13(8-10-23)21-14(24)20-12-5-3-11(4-6-12)16(17,18)19/h3-6,13H,7-10H2,1-2H3,(H2,20,21,24). The molecule has 2 rings (SSSR count). The zero-order valence-corrected chi connectivity index (χ0v) is 14.1. The summed E-state index contributed by atoms with van der Waals surface area (Å²) in [5.41, 5.74) is -0.484. The lowest BCUT2D eigenvalue weighted by molar-refractivity contribution is -0.137. The second kappa shape index (κ2) is 7.62. The van der Waals surface area contributed by atoms with E-state index in [4.69, 9.17) is 0 Å². The topological polar surface area (TPSA) is 64.7 Å². The van der Waals surface area contributed by atoms with Crippen LogP contribution >= 0.6 is 0 Å². The number of alkyl halides is 3. The number of piperidine rings is 1. The molecule has 1 heterocycles. The fourth-order valence-corrected chi connectivity index (χ4v) is 2.59. The van der Waals surface area contributed by atoms with Crippen LogP contribution in [0.15, 0.2) is 24.3 Å². The molecule has 0 bridgehead atoms. The normalized spacial score (nSPS) is 15.6.